The van der Waals surface area contributed by atoms with Crippen molar-refractivity contribution in [3.05, 3.63) is 17.1 Å². The summed E-state index contributed by atoms with van der Waals surface area (Å²) in [7, 11) is -3.89. The van der Waals surface area contributed by atoms with Crippen molar-refractivity contribution in [2.75, 3.05) is 0 Å². The third-order valence-electron chi connectivity index (χ3n) is 3.00. The minimum atomic E-state index is -3.89. The molecule has 1 aromatic heterocycles. The molecule has 0 aliphatic rings. The van der Waals surface area contributed by atoms with Crippen molar-refractivity contribution in [1.29, 1.82) is 0 Å². The number of furan rings is 1. The number of sulfonamides is 1. The van der Waals surface area contributed by atoms with Gasteiger partial charge >= 0.3 is 5.97 Å². The van der Waals surface area contributed by atoms with E-state index >= 15 is 0 Å². The zero-order valence-electron chi connectivity index (χ0n) is 11.5. The molecule has 0 aromatic carbocycles. The smallest absolute Gasteiger partial charge is 0.340 e. The van der Waals surface area contributed by atoms with Gasteiger partial charge < -0.3 is 9.52 Å². The second kappa shape index (κ2) is 5.75. The van der Waals surface area contributed by atoms with Gasteiger partial charge in [0, 0.05) is 6.04 Å². The van der Waals surface area contributed by atoms with E-state index in [4.69, 9.17) is 9.52 Å². The van der Waals surface area contributed by atoms with E-state index in [2.05, 4.69) is 4.72 Å². The van der Waals surface area contributed by atoms with Gasteiger partial charge in [0.25, 0.3) is 0 Å². The van der Waals surface area contributed by atoms with E-state index < -0.39 is 16.0 Å². The molecule has 0 atom stereocenters. The first kappa shape index (κ1) is 15.7. The summed E-state index contributed by atoms with van der Waals surface area (Å²) in [4.78, 5) is 10.9. The van der Waals surface area contributed by atoms with Gasteiger partial charge in [-0.25, -0.2) is 17.9 Å². The number of carbonyl (C=O) groups is 1. The number of rotatable bonds is 6. The molecule has 0 aliphatic heterocycles. The van der Waals surface area contributed by atoms with E-state index in [1.165, 1.54) is 13.8 Å². The number of aromatic carboxylic acids is 1. The molecule has 0 saturated heterocycles. The normalized spacial score (nSPS) is 12.1. The molecule has 0 radical (unpaired) electrons. The highest BCUT2D eigenvalue weighted by molar-refractivity contribution is 7.89. The molecule has 108 valence electrons. The van der Waals surface area contributed by atoms with Crippen LogP contribution in [0, 0.1) is 13.8 Å². The molecule has 1 aromatic rings. The summed E-state index contributed by atoms with van der Waals surface area (Å²) in [6.45, 7) is 6.61. The minimum absolute atomic E-state index is 0.0911. The molecule has 0 saturated carbocycles. The Bertz CT molecular complexity index is 569. The summed E-state index contributed by atoms with van der Waals surface area (Å²) < 4.78 is 32.2. The van der Waals surface area contributed by atoms with Gasteiger partial charge in [-0.2, -0.15) is 0 Å². The minimum Gasteiger partial charge on any atom is -0.478 e. The summed E-state index contributed by atoms with van der Waals surface area (Å²) >= 11 is 0. The van der Waals surface area contributed by atoms with Gasteiger partial charge in [0.05, 0.1) is 0 Å². The van der Waals surface area contributed by atoms with Crippen molar-refractivity contribution in [2.45, 2.75) is 51.5 Å². The Morgan fingerprint density at radius 3 is 2.21 bits per heavy atom. The Morgan fingerprint density at radius 2 is 1.79 bits per heavy atom. The molecule has 19 heavy (non-hydrogen) atoms. The summed E-state index contributed by atoms with van der Waals surface area (Å²) in [5.74, 6) is -1.12. The molecule has 7 heteroatoms. The lowest BCUT2D eigenvalue weighted by molar-refractivity contribution is 0.0691. The topological polar surface area (TPSA) is 96.6 Å². The van der Waals surface area contributed by atoms with Crippen LogP contribution in [0.15, 0.2) is 9.31 Å². The molecule has 0 spiro atoms. The summed E-state index contributed by atoms with van der Waals surface area (Å²) in [5, 5.41) is 9.12. The number of aryl methyl sites for hydroxylation is 2. The van der Waals surface area contributed by atoms with Crippen molar-refractivity contribution in [1.82, 2.24) is 4.72 Å². The molecule has 0 aliphatic carbocycles. The molecular formula is C12H19NO5S. The highest BCUT2D eigenvalue weighted by atomic mass is 32.2. The molecule has 0 fully saturated rings. The van der Waals surface area contributed by atoms with Gasteiger partial charge in [0.2, 0.25) is 10.0 Å². The van der Waals surface area contributed by atoms with Crippen molar-refractivity contribution < 1.29 is 22.7 Å². The predicted molar refractivity (Wildman–Crippen MR) is 69.8 cm³/mol. The largest absolute Gasteiger partial charge is 0.478 e. The first-order valence-corrected chi connectivity index (χ1v) is 7.58. The molecule has 2 N–H and O–H groups in total. The van der Waals surface area contributed by atoms with Crippen molar-refractivity contribution >= 4 is 16.0 Å². The Morgan fingerprint density at radius 1 is 1.26 bits per heavy atom. The fourth-order valence-electron chi connectivity index (χ4n) is 1.97. The van der Waals surface area contributed by atoms with Crippen LogP contribution >= 0.6 is 0 Å². The lowest BCUT2D eigenvalue weighted by Gasteiger charge is -2.14. The van der Waals surface area contributed by atoms with Crippen molar-refractivity contribution in [3.8, 4) is 0 Å². The number of carboxylic acids is 1. The van der Waals surface area contributed by atoms with Gasteiger partial charge in [0.1, 0.15) is 22.0 Å². The quantitative estimate of drug-likeness (QED) is 0.835. The second-order valence-corrected chi connectivity index (χ2v) is 6.01. The van der Waals surface area contributed by atoms with Gasteiger partial charge in [-0.1, -0.05) is 13.8 Å². The van der Waals surface area contributed by atoms with E-state index in [9.17, 15) is 13.2 Å². The highest BCUT2D eigenvalue weighted by Gasteiger charge is 2.31. The number of hydrogen-bond acceptors (Lipinski definition) is 4. The fraction of sp³-hybridized carbons (Fsp3) is 0.583. The van der Waals surface area contributed by atoms with Crippen LogP contribution in [-0.4, -0.2) is 25.5 Å². The first-order chi connectivity index (χ1) is 8.74. The van der Waals surface area contributed by atoms with Gasteiger partial charge in [-0.3, -0.25) is 0 Å². The Labute approximate surface area is 112 Å². The summed E-state index contributed by atoms with van der Waals surface area (Å²) in [6.07, 6.45) is 1.27. The van der Waals surface area contributed by atoms with E-state index in [1.807, 2.05) is 13.8 Å². The Hall–Kier alpha value is -1.34. The standard InChI is InChI=1S/C12H19NO5S/c1-5-9(6-2)13-19(16,17)11-8(4)18-7(3)10(11)12(14)15/h9,13H,5-6H2,1-4H3,(H,14,15). The molecule has 0 amide bonds. The van der Waals surface area contributed by atoms with Crippen LogP contribution in [0.1, 0.15) is 48.6 Å². The maximum Gasteiger partial charge on any atom is 0.340 e. The van der Waals surface area contributed by atoms with Crippen LogP contribution in [0.2, 0.25) is 0 Å². The fourth-order valence-corrected chi connectivity index (χ4v) is 3.78. The maximum absolute atomic E-state index is 12.3. The van der Waals surface area contributed by atoms with E-state index in [1.54, 1.807) is 0 Å². The molecule has 6 nitrogen and oxygen atoms in total. The number of carboxylic acid groups (broad SMARTS) is 1. The molecule has 1 heterocycles. The van der Waals surface area contributed by atoms with Crippen LogP contribution in [0.4, 0.5) is 0 Å². The van der Waals surface area contributed by atoms with Crippen LogP contribution in [0.5, 0.6) is 0 Å². The Kier molecular flexibility index (Phi) is 4.75. The second-order valence-electron chi connectivity index (χ2n) is 4.36. The van der Waals surface area contributed by atoms with Crippen molar-refractivity contribution in [3.63, 3.8) is 0 Å². The molecule has 0 bridgehead atoms. The lowest BCUT2D eigenvalue weighted by Crippen LogP contribution is -2.34. The lowest BCUT2D eigenvalue weighted by atomic mass is 10.2. The maximum atomic E-state index is 12.3. The van der Waals surface area contributed by atoms with Gasteiger partial charge in [-0.05, 0) is 26.7 Å². The van der Waals surface area contributed by atoms with Crippen LogP contribution < -0.4 is 4.72 Å². The van der Waals surface area contributed by atoms with Crippen molar-refractivity contribution in [2.24, 2.45) is 0 Å². The first-order valence-electron chi connectivity index (χ1n) is 6.10. The Balaban J connectivity index is 3.33. The number of nitrogens with one attached hydrogen (secondary N) is 1. The number of hydrogen-bond donors (Lipinski definition) is 2. The summed E-state index contributed by atoms with van der Waals surface area (Å²) in [5.41, 5.74) is -0.295. The average molecular weight is 289 g/mol. The average Bonchev–Trinajstić information content (AvgIpc) is 2.61. The highest BCUT2D eigenvalue weighted by Crippen LogP contribution is 2.26. The molecule has 1 rings (SSSR count). The zero-order chi connectivity index (χ0) is 14.8. The zero-order valence-corrected chi connectivity index (χ0v) is 12.3. The third kappa shape index (κ3) is 3.16. The summed E-state index contributed by atoms with van der Waals surface area (Å²) in [6, 6.07) is -0.221. The van der Waals surface area contributed by atoms with E-state index in [0.717, 1.165) is 0 Å². The molecule has 0 unspecified atom stereocenters. The monoisotopic (exact) mass is 289 g/mol. The predicted octanol–water partition coefficient (Wildman–Crippen LogP) is 2.06. The van der Waals surface area contributed by atoms with Gasteiger partial charge in [-0.15, -0.1) is 0 Å². The van der Waals surface area contributed by atoms with E-state index in [-0.39, 0.29) is 28.0 Å². The van der Waals surface area contributed by atoms with Crippen LogP contribution in [0.25, 0.3) is 0 Å². The third-order valence-corrected chi connectivity index (χ3v) is 4.67. The van der Waals surface area contributed by atoms with E-state index in [0.29, 0.717) is 12.8 Å². The van der Waals surface area contributed by atoms with Crippen LogP contribution in [-0.2, 0) is 10.0 Å². The van der Waals surface area contributed by atoms with Crippen LogP contribution in [0.3, 0.4) is 0 Å². The molecular weight excluding hydrogens is 270 g/mol. The SMILES string of the molecule is CCC(CC)NS(=O)(=O)c1c(C)oc(C)c1C(=O)O. The van der Waals surface area contributed by atoms with Gasteiger partial charge in [0.15, 0.2) is 0 Å².